The highest BCUT2D eigenvalue weighted by Gasteiger charge is 2.25. The number of carbonyl (C=O) groups excluding carboxylic acids is 1. The Labute approximate surface area is 188 Å². The molecule has 1 aromatic heterocycles. The molecule has 32 heavy (non-hydrogen) atoms. The van der Waals surface area contributed by atoms with Crippen LogP contribution in [0.15, 0.2) is 72.9 Å². The molecule has 0 aliphatic carbocycles. The SMILES string of the molecule is O=C(NCC(c1ccccn1)N1CCOCC1)c1cccc(N2Cc3ccccc3C2)c1. The number of nitrogens with one attached hydrogen (secondary N) is 1. The van der Waals surface area contributed by atoms with E-state index in [0.717, 1.165) is 37.6 Å². The number of morpholine rings is 1. The highest BCUT2D eigenvalue weighted by atomic mass is 16.5. The van der Waals surface area contributed by atoms with Crippen LogP contribution in [0, 0.1) is 0 Å². The smallest absolute Gasteiger partial charge is 0.251 e. The molecule has 1 atom stereocenters. The third-order valence-corrected chi connectivity index (χ3v) is 6.29. The van der Waals surface area contributed by atoms with Crippen LogP contribution in [0.1, 0.15) is 33.2 Å². The van der Waals surface area contributed by atoms with Gasteiger partial charge in [-0.15, -0.1) is 0 Å². The predicted molar refractivity (Wildman–Crippen MR) is 124 cm³/mol. The fourth-order valence-electron chi connectivity index (χ4n) is 4.53. The van der Waals surface area contributed by atoms with E-state index < -0.39 is 0 Å². The van der Waals surface area contributed by atoms with Crippen molar-refractivity contribution in [1.82, 2.24) is 15.2 Å². The summed E-state index contributed by atoms with van der Waals surface area (Å²) in [4.78, 5) is 22.3. The summed E-state index contributed by atoms with van der Waals surface area (Å²) in [5, 5.41) is 3.15. The van der Waals surface area contributed by atoms with Gasteiger partial charge in [0.1, 0.15) is 0 Å². The Hall–Kier alpha value is -3.22. The fraction of sp³-hybridized carbons (Fsp3) is 0.308. The number of nitrogens with zero attached hydrogens (tertiary/aromatic N) is 3. The maximum Gasteiger partial charge on any atom is 0.251 e. The standard InChI is InChI=1S/C26H28N4O2/c31-26(28-17-25(24-10-3-4-11-27-24)29-12-14-32-15-13-29)20-8-5-9-23(16-20)30-18-21-6-1-2-7-22(21)19-30/h1-11,16,25H,12-15,17-19H2,(H,28,31). The van der Waals surface area contributed by atoms with E-state index in [9.17, 15) is 4.79 Å². The Balaban J connectivity index is 1.27. The van der Waals surface area contributed by atoms with Gasteiger partial charge in [0.25, 0.3) is 5.91 Å². The Morgan fingerprint density at radius 1 is 0.969 bits per heavy atom. The summed E-state index contributed by atoms with van der Waals surface area (Å²) in [5.74, 6) is -0.0576. The Kier molecular flexibility index (Phi) is 6.14. The molecule has 1 saturated heterocycles. The van der Waals surface area contributed by atoms with E-state index in [1.807, 2.05) is 42.6 Å². The third kappa shape index (κ3) is 4.52. The van der Waals surface area contributed by atoms with Crippen LogP contribution >= 0.6 is 0 Å². The number of ether oxygens (including phenoxy) is 1. The lowest BCUT2D eigenvalue weighted by molar-refractivity contribution is 0.0154. The first kappa shape index (κ1) is 20.7. The summed E-state index contributed by atoms with van der Waals surface area (Å²) >= 11 is 0. The van der Waals surface area contributed by atoms with Crippen LogP contribution in [0.2, 0.25) is 0 Å². The normalized spacial score (nSPS) is 17.1. The van der Waals surface area contributed by atoms with Gasteiger partial charge in [0.05, 0.1) is 24.9 Å². The number of rotatable bonds is 6. The molecule has 2 aromatic carbocycles. The molecule has 164 valence electrons. The first-order valence-electron chi connectivity index (χ1n) is 11.2. The topological polar surface area (TPSA) is 57.7 Å². The van der Waals surface area contributed by atoms with Crippen LogP contribution in [-0.2, 0) is 17.8 Å². The molecule has 1 unspecified atom stereocenters. The lowest BCUT2D eigenvalue weighted by atomic mass is 10.1. The molecule has 0 saturated carbocycles. The number of hydrogen-bond acceptors (Lipinski definition) is 5. The lowest BCUT2D eigenvalue weighted by Gasteiger charge is -2.34. The Morgan fingerprint density at radius 3 is 2.44 bits per heavy atom. The second-order valence-corrected chi connectivity index (χ2v) is 8.30. The minimum Gasteiger partial charge on any atom is -0.379 e. The third-order valence-electron chi connectivity index (χ3n) is 6.29. The fourth-order valence-corrected chi connectivity index (χ4v) is 4.53. The van der Waals surface area contributed by atoms with E-state index in [1.54, 1.807) is 0 Å². The van der Waals surface area contributed by atoms with Gasteiger partial charge in [0.2, 0.25) is 0 Å². The Morgan fingerprint density at radius 2 is 1.72 bits per heavy atom. The van der Waals surface area contributed by atoms with Crippen LogP contribution in [0.4, 0.5) is 5.69 Å². The summed E-state index contributed by atoms with van der Waals surface area (Å²) in [5.41, 5.74) is 5.43. The number of pyridine rings is 1. The number of benzene rings is 2. The van der Waals surface area contributed by atoms with Gasteiger partial charge in [-0.1, -0.05) is 36.4 Å². The van der Waals surface area contributed by atoms with Gasteiger partial charge in [-0.05, 0) is 41.5 Å². The van der Waals surface area contributed by atoms with E-state index in [0.29, 0.717) is 25.3 Å². The zero-order valence-electron chi connectivity index (χ0n) is 18.1. The van der Waals surface area contributed by atoms with Crippen LogP contribution in [0.5, 0.6) is 0 Å². The molecule has 2 aliphatic rings. The van der Waals surface area contributed by atoms with Gasteiger partial charge in [-0.2, -0.15) is 0 Å². The molecule has 0 spiro atoms. The number of anilines is 1. The zero-order chi connectivity index (χ0) is 21.8. The molecule has 0 radical (unpaired) electrons. The summed E-state index contributed by atoms with van der Waals surface area (Å²) in [6.07, 6.45) is 1.81. The second kappa shape index (κ2) is 9.51. The van der Waals surface area contributed by atoms with E-state index in [4.69, 9.17) is 4.74 Å². The van der Waals surface area contributed by atoms with Crippen LogP contribution in [0.25, 0.3) is 0 Å². The lowest BCUT2D eigenvalue weighted by Crippen LogP contribution is -2.44. The summed E-state index contributed by atoms with van der Waals surface area (Å²) < 4.78 is 5.51. The predicted octanol–water partition coefficient (Wildman–Crippen LogP) is 3.41. The molecule has 6 heteroatoms. The molecule has 3 heterocycles. The van der Waals surface area contributed by atoms with Gasteiger partial charge >= 0.3 is 0 Å². The number of hydrogen-bond donors (Lipinski definition) is 1. The van der Waals surface area contributed by atoms with E-state index in [2.05, 4.69) is 50.4 Å². The van der Waals surface area contributed by atoms with Crippen molar-refractivity contribution >= 4 is 11.6 Å². The van der Waals surface area contributed by atoms with Crippen molar-refractivity contribution in [2.75, 3.05) is 37.7 Å². The first-order valence-corrected chi connectivity index (χ1v) is 11.2. The van der Waals surface area contributed by atoms with Gasteiger partial charge in [0, 0.05) is 50.2 Å². The van der Waals surface area contributed by atoms with Crippen molar-refractivity contribution in [2.24, 2.45) is 0 Å². The van der Waals surface area contributed by atoms with E-state index in [1.165, 1.54) is 11.1 Å². The van der Waals surface area contributed by atoms with Gasteiger partial charge < -0.3 is 15.0 Å². The molecule has 1 amide bonds. The molecule has 5 rings (SSSR count). The quantitative estimate of drug-likeness (QED) is 0.652. The minimum atomic E-state index is -0.0576. The number of fused-ring (bicyclic) bond motifs is 1. The zero-order valence-corrected chi connectivity index (χ0v) is 18.1. The van der Waals surface area contributed by atoms with Crippen LogP contribution in [0.3, 0.4) is 0 Å². The molecule has 1 N–H and O–H groups in total. The van der Waals surface area contributed by atoms with Crippen molar-refractivity contribution in [3.05, 3.63) is 95.3 Å². The monoisotopic (exact) mass is 428 g/mol. The number of aromatic nitrogens is 1. The average Bonchev–Trinajstić information content (AvgIpc) is 3.30. The Bertz CT molecular complexity index is 1040. The first-order chi connectivity index (χ1) is 15.8. The van der Waals surface area contributed by atoms with E-state index >= 15 is 0 Å². The van der Waals surface area contributed by atoms with Crippen molar-refractivity contribution in [3.63, 3.8) is 0 Å². The number of carbonyl (C=O) groups is 1. The highest BCUT2D eigenvalue weighted by Crippen LogP contribution is 2.28. The van der Waals surface area contributed by atoms with Crippen molar-refractivity contribution in [1.29, 1.82) is 0 Å². The van der Waals surface area contributed by atoms with Crippen LogP contribution in [-0.4, -0.2) is 48.6 Å². The highest BCUT2D eigenvalue weighted by molar-refractivity contribution is 5.95. The van der Waals surface area contributed by atoms with E-state index in [-0.39, 0.29) is 11.9 Å². The average molecular weight is 429 g/mol. The molecule has 3 aromatic rings. The largest absolute Gasteiger partial charge is 0.379 e. The molecule has 0 bridgehead atoms. The molecular formula is C26H28N4O2. The summed E-state index contributed by atoms with van der Waals surface area (Å²) in [6.45, 7) is 5.34. The van der Waals surface area contributed by atoms with Gasteiger partial charge in [0.15, 0.2) is 0 Å². The van der Waals surface area contributed by atoms with Crippen LogP contribution < -0.4 is 10.2 Å². The van der Waals surface area contributed by atoms with Crippen molar-refractivity contribution in [2.45, 2.75) is 19.1 Å². The number of amides is 1. The van der Waals surface area contributed by atoms with Crippen molar-refractivity contribution in [3.8, 4) is 0 Å². The minimum absolute atomic E-state index is 0.0281. The molecule has 2 aliphatic heterocycles. The molecule has 1 fully saturated rings. The maximum absolute atomic E-state index is 13.1. The summed E-state index contributed by atoms with van der Waals surface area (Å²) in [7, 11) is 0. The summed E-state index contributed by atoms with van der Waals surface area (Å²) in [6, 6.07) is 22.4. The maximum atomic E-state index is 13.1. The van der Waals surface area contributed by atoms with Crippen molar-refractivity contribution < 1.29 is 9.53 Å². The second-order valence-electron chi connectivity index (χ2n) is 8.30. The van der Waals surface area contributed by atoms with Gasteiger partial charge in [-0.3, -0.25) is 14.7 Å². The van der Waals surface area contributed by atoms with Gasteiger partial charge in [-0.25, -0.2) is 0 Å². The molecular weight excluding hydrogens is 400 g/mol. The molecule has 6 nitrogen and oxygen atoms in total.